The lowest BCUT2D eigenvalue weighted by molar-refractivity contribution is 0.0839. The molecule has 0 saturated carbocycles. The Kier molecular flexibility index (Phi) is 3.63. The second-order valence-corrected chi connectivity index (χ2v) is 5.84. The molecule has 1 N–H and O–H groups in total. The van der Waals surface area contributed by atoms with Crippen LogP contribution in [0.2, 0.25) is 0 Å². The van der Waals surface area contributed by atoms with Gasteiger partial charge in [-0.05, 0) is 12.5 Å². The monoisotopic (exact) mass is 251 g/mol. The minimum atomic E-state index is -0.808. The Morgan fingerprint density at radius 1 is 1.38 bits per heavy atom. The molecule has 0 saturated heterocycles. The topological polar surface area (TPSA) is 33.1 Å². The van der Waals surface area contributed by atoms with E-state index < -0.39 is 5.60 Å². The molecule has 0 aliphatic rings. The van der Waals surface area contributed by atoms with Gasteiger partial charge in [0.05, 0.1) is 5.60 Å². The lowest BCUT2D eigenvalue weighted by atomic mass is 9.99. The first-order chi connectivity index (χ1) is 7.68. The first kappa shape index (κ1) is 11.6. The van der Waals surface area contributed by atoms with Gasteiger partial charge in [0, 0.05) is 17.3 Å². The number of aromatic nitrogens is 1. The van der Waals surface area contributed by atoms with Crippen LogP contribution in [-0.4, -0.2) is 15.8 Å². The zero-order valence-electron chi connectivity index (χ0n) is 8.96. The summed E-state index contributed by atoms with van der Waals surface area (Å²) in [6.45, 7) is 1.84. The van der Waals surface area contributed by atoms with Gasteiger partial charge >= 0.3 is 0 Å². The molecule has 2 nitrogen and oxygen atoms in total. The predicted octanol–water partition coefficient (Wildman–Crippen LogP) is 3.14. The smallest absolute Gasteiger partial charge is 0.149 e. The SMILES string of the molecule is CC(O)(CSc1nccs1)c1ccccc1. The fraction of sp³-hybridized carbons (Fsp3) is 0.250. The molecular formula is C12H13NOS2. The lowest BCUT2D eigenvalue weighted by Crippen LogP contribution is -2.24. The van der Waals surface area contributed by atoms with Crippen LogP contribution in [0.5, 0.6) is 0 Å². The maximum atomic E-state index is 10.3. The Morgan fingerprint density at radius 3 is 2.75 bits per heavy atom. The largest absolute Gasteiger partial charge is 0.385 e. The zero-order valence-corrected chi connectivity index (χ0v) is 10.6. The van der Waals surface area contributed by atoms with Crippen molar-refractivity contribution in [1.82, 2.24) is 4.98 Å². The van der Waals surface area contributed by atoms with Crippen molar-refractivity contribution in [2.24, 2.45) is 0 Å². The van der Waals surface area contributed by atoms with Crippen LogP contribution in [0.1, 0.15) is 12.5 Å². The van der Waals surface area contributed by atoms with Gasteiger partial charge in [-0.1, -0.05) is 42.1 Å². The van der Waals surface area contributed by atoms with Crippen LogP contribution in [0.4, 0.5) is 0 Å². The van der Waals surface area contributed by atoms with Crippen LogP contribution in [0.15, 0.2) is 46.2 Å². The number of thioether (sulfide) groups is 1. The van der Waals surface area contributed by atoms with Gasteiger partial charge in [-0.2, -0.15) is 0 Å². The van der Waals surface area contributed by atoms with E-state index in [1.165, 1.54) is 0 Å². The van der Waals surface area contributed by atoms with Crippen LogP contribution in [0.3, 0.4) is 0 Å². The van der Waals surface area contributed by atoms with Crippen molar-refractivity contribution in [3.8, 4) is 0 Å². The van der Waals surface area contributed by atoms with Gasteiger partial charge in [-0.25, -0.2) is 4.98 Å². The Balaban J connectivity index is 2.03. The Hall–Kier alpha value is -0.840. The van der Waals surface area contributed by atoms with Gasteiger partial charge in [0.25, 0.3) is 0 Å². The van der Waals surface area contributed by atoms with E-state index in [1.807, 2.05) is 42.6 Å². The number of rotatable bonds is 4. The van der Waals surface area contributed by atoms with E-state index in [0.717, 1.165) is 9.90 Å². The molecule has 0 bridgehead atoms. The summed E-state index contributed by atoms with van der Waals surface area (Å²) < 4.78 is 0.996. The van der Waals surface area contributed by atoms with E-state index in [-0.39, 0.29) is 0 Å². The van der Waals surface area contributed by atoms with Gasteiger partial charge in [0.1, 0.15) is 4.34 Å². The molecule has 1 atom stereocenters. The highest BCUT2D eigenvalue weighted by atomic mass is 32.2. The molecule has 1 heterocycles. The summed E-state index contributed by atoms with van der Waals surface area (Å²) in [5.41, 5.74) is 0.136. The third-order valence-corrected chi connectivity index (χ3v) is 4.55. The number of aliphatic hydroxyl groups is 1. The molecule has 1 aromatic heterocycles. The first-order valence-corrected chi connectivity index (χ1v) is 6.85. The Morgan fingerprint density at radius 2 is 2.12 bits per heavy atom. The Labute approximate surface area is 103 Å². The predicted molar refractivity (Wildman–Crippen MR) is 68.9 cm³/mol. The number of benzene rings is 1. The van der Waals surface area contributed by atoms with E-state index >= 15 is 0 Å². The third kappa shape index (κ3) is 2.84. The van der Waals surface area contributed by atoms with E-state index in [2.05, 4.69) is 4.98 Å². The van der Waals surface area contributed by atoms with Crippen LogP contribution in [0, 0.1) is 0 Å². The highest BCUT2D eigenvalue weighted by Crippen LogP contribution is 2.30. The molecular weight excluding hydrogens is 238 g/mol. The van der Waals surface area contributed by atoms with Crippen molar-refractivity contribution in [1.29, 1.82) is 0 Å². The van der Waals surface area contributed by atoms with Gasteiger partial charge in [-0.3, -0.25) is 0 Å². The summed E-state index contributed by atoms with van der Waals surface area (Å²) in [7, 11) is 0. The normalized spacial score (nSPS) is 14.6. The summed E-state index contributed by atoms with van der Waals surface area (Å²) in [4.78, 5) is 4.18. The van der Waals surface area contributed by atoms with Crippen LogP contribution in [0.25, 0.3) is 0 Å². The molecule has 2 aromatic rings. The van der Waals surface area contributed by atoms with Gasteiger partial charge in [0.15, 0.2) is 0 Å². The van der Waals surface area contributed by atoms with Gasteiger partial charge in [-0.15, -0.1) is 11.3 Å². The number of hydrogen-bond acceptors (Lipinski definition) is 4. The molecule has 0 amide bonds. The van der Waals surface area contributed by atoms with Crippen molar-refractivity contribution < 1.29 is 5.11 Å². The maximum Gasteiger partial charge on any atom is 0.149 e. The number of thiazole rings is 1. The van der Waals surface area contributed by atoms with Crippen molar-refractivity contribution in [2.75, 3.05) is 5.75 Å². The van der Waals surface area contributed by atoms with Crippen molar-refractivity contribution >= 4 is 23.1 Å². The minimum absolute atomic E-state index is 0.616. The van der Waals surface area contributed by atoms with E-state index in [9.17, 15) is 5.11 Å². The quantitative estimate of drug-likeness (QED) is 0.847. The third-order valence-electron chi connectivity index (χ3n) is 2.28. The average Bonchev–Trinajstić information content (AvgIpc) is 2.81. The van der Waals surface area contributed by atoms with Gasteiger partial charge in [0.2, 0.25) is 0 Å². The second-order valence-electron chi connectivity index (χ2n) is 3.73. The molecule has 0 spiro atoms. The van der Waals surface area contributed by atoms with Gasteiger partial charge < -0.3 is 5.11 Å². The summed E-state index contributed by atoms with van der Waals surface area (Å²) in [6, 6.07) is 9.73. The second kappa shape index (κ2) is 4.99. The number of nitrogens with zero attached hydrogens (tertiary/aromatic N) is 1. The molecule has 0 aliphatic carbocycles. The fourth-order valence-electron chi connectivity index (χ4n) is 1.36. The molecule has 1 aromatic carbocycles. The molecule has 0 fully saturated rings. The van der Waals surface area contributed by atoms with E-state index in [4.69, 9.17) is 0 Å². The summed E-state index contributed by atoms with van der Waals surface area (Å²) in [5.74, 6) is 0.616. The lowest BCUT2D eigenvalue weighted by Gasteiger charge is -2.22. The van der Waals surface area contributed by atoms with E-state index in [1.54, 1.807) is 29.3 Å². The number of hydrogen-bond donors (Lipinski definition) is 1. The molecule has 1 unspecified atom stereocenters. The summed E-state index contributed by atoms with van der Waals surface area (Å²) in [5, 5.41) is 12.3. The van der Waals surface area contributed by atoms with Crippen molar-refractivity contribution in [3.63, 3.8) is 0 Å². The van der Waals surface area contributed by atoms with Crippen molar-refractivity contribution in [3.05, 3.63) is 47.5 Å². The first-order valence-electron chi connectivity index (χ1n) is 4.99. The Bertz CT molecular complexity index is 426. The molecule has 0 radical (unpaired) electrons. The molecule has 0 aliphatic heterocycles. The van der Waals surface area contributed by atoms with Crippen LogP contribution < -0.4 is 0 Å². The highest BCUT2D eigenvalue weighted by Gasteiger charge is 2.23. The van der Waals surface area contributed by atoms with Crippen LogP contribution >= 0.6 is 23.1 Å². The summed E-state index contributed by atoms with van der Waals surface area (Å²) >= 11 is 3.19. The molecule has 16 heavy (non-hydrogen) atoms. The average molecular weight is 251 g/mol. The molecule has 84 valence electrons. The van der Waals surface area contributed by atoms with Crippen molar-refractivity contribution in [2.45, 2.75) is 16.9 Å². The molecule has 4 heteroatoms. The zero-order chi connectivity index (χ0) is 11.4. The fourth-order valence-corrected chi connectivity index (χ4v) is 3.05. The highest BCUT2D eigenvalue weighted by molar-refractivity contribution is 8.01. The summed E-state index contributed by atoms with van der Waals surface area (Å²) in [6.07, 6.45) is 1.78. The molecule has 2 rings (SSSR count). The maximum absolute atomic E-state index is 10.3. The van der Waals surface area contributed by atoms with E-state index in [0.29, 0.717) is 5.75 Å². The minimum Gasteiger partial charge on any atom is -0.385 e. The standard InChI is InChI=1S/C12H13NOS2/c1-12(14,10-5-3-2-4-6-10)9-16-11-13-7-8-15-11/h2-8,14H,9H2,1H3. The van der Waals surface area contributed by atoms with Crippen LogP contribution in [-0.2, 0) is 5.60 Å².